The number of phenolic OH excluding ortho intramolecular Hbond substituents is 1. The summed E-state index contributed by atoms with van der Waals surface area (Å²) in [7, 11) is 0. The molecule has 22 heavy (non-hydrogen) atoms. The number of nitrogens with one attached hydrogen (secondary N) is 1. The highest BCUT2D eigenvalue weighted by molar-refractivity contribution is 5.38. The van der Waals surface area contributed by atoms with Crippen molar-refractivity contribution in [2.75, 3.05) is 0 Å². The van der Waals surface area contributed by atoms with Crippen LogP contribution >= 0.6 is 0 Å². The molecular weight excluding hydrogens is 276 g/mol. The maximum absolute atomic E-state index is 11.2. The number of benzene rings is 1. The second-order valence-electron chi connectivity index (χ2n) is 7.51. The van der Waals surface area contributed by atoms with Crippen LogP contribution in [-0.2, 0) is 17.3 Å². The van der Waals surface area contributed by atoms with E-state index in [4.69, 9.17) is 0 Å². The van der Waals surface area contributed by atoms with Crippen LogP contribution in [0.5, 0.6) is 5.75 Å². The first-order chi connectivity index (χ1) is 10.1. The van der Waals surface area contributed by atoms with Crippen molar-refractivity contribution in [3.63, 3.8) is 0 Å². The van der Waals surface area contributed by atoms with Crippen molar-refractivity contribution in [1.29, 1.82) is 0 Å². The number of H-pyrrole nitrogens is 1. The van der Waals surface area contributed by atoms with Gasteiger partial charge in [-0.2, -0.15) is 5.10 Å². The van der Waals surface area contributed by atoms with Gasteiger partial charge in [-0.05, 0) is 41.2 Å². The normalized spacial score (nSPS) is 12.4. The molecule has 4 heteroatoms. The number of nitrogens with zero attached hydrogens (tertiary/aromatic N) is 1. The molecule has 0 saturated heterocycles. The molecule has 118 valence electrons. The second kappa shape index (κ2) is 5.59. The molecule has 2 aromatic rings. The van der Waals surface area contributed by atoms with Crippen LogP contribution in [0.25, 0.3) is 0 Å². The van der Waals surface area contributed by atoms with Crippen molar-refractivity contribution in [3.8, 4) is 5.75 Å². The van der Waals surface area contributed by atoms with Gasteiger partial charge in [-0.3, -0.25) is 4.79 Å². The third-order valence-electron chi connectivity index (χ3n) is 3.86. The van der Waals surface area contributed by atoms with Crippen LogP contribution < -0.4 is 5.56 Å². The minimum atomic E-state index is -0.243. The van der Waals surface area contributed by atoms with Gasteiger partial charge in [0.05, 0.1) is 5.69 Å². The van der Waals surface area contributed by atoms with Crippen molar-refractivity contribution in [2.45, 2.75) is 51.9 Å². The quantitative estimate of drug-likeness (QED) is 0.914. The molecule has 4 nitrogen and oxygen atoms in total. The molecule has 0 aliphatic heterocycles. The SMILES string of the molecule is CC(C)(C)c1cc(O)cc(CC(C)(C)c2ccc(=O)[nH]n2)c1. The molecule has 2 rings (SSSR count). The number of rotatable bonds is 3. The van der Waals surface area contributed by atoms with Crippen LogP contribution in [0.15, 0.2) is 35.1 Å². The Morgan fingerprint density at radius 3 is 2.32 bits per heavy atom. The Labute approximate surface area is 131 Å². The number of hydrogen-bond acceptors (Lipinski definition) is 3. The standard InChI is InChI=1S/C18H24N2O2/c1-17(2,3)13-8-12(9-14(21)10-13)11-18(4,5)15-6-7-16(22)20-19-15/h6-10,21H,11H2,1-5H3,(H,20,22). The van der Waals surface area contributed by atoms with E-state index in [1.807, 2.05) is 6.07 Å². The monoisotopic (exact) mass is 300 g/mol. The van der Waals surface area contributed by atoms with E-state index < -0.39 is 0 Å². The molecule has 0 saturated carbocycles. The molecular formula is C18H24N2O2. The van der Waals surface area contributed by atoms with Gasteiger partial charge in [-0.25, -0.2) is 5.10 Å². The Kier molecular flexibility index (Phi) is 4.14. The Morgan fingerprint density at radius 2 is 1.77 bits per heavy atom. The third-order valence-corrected chi connectivity index (χ3v) is 3.86. The molecule has 2 N–H and O–H groups in total. The van der Waals surface area contributed by atoms with E-state index in [0.717, 1.165) is 23.2 Å². The summed E-state index contributed by atoms with van der Waals surface area (Å²) in [5.41, 5.74) is 2.52. The predicted octanol–water partition coefficient (Wildman–Crippen LogP) is 3.29. The third kappa shape index (κ3) is 3.75. The summed E-state index contributed by atoms with van der Waals surface area (Å²) in [6.07, 6.45) is 0.726. The first kappa shape index (κ1) is 16.3. The summed E-state index contributed by atoms with van der Waals surface area (Å²) >= 11 is 0. The van der Waals surface area contributed by atoms with Crippen molar-refractivity contribution in [1.82, 2.24) is 10.2 Å². The highest BCUT2D eigenvalue weighted by Gasteiger charge is 2.24. The molecule has 0 radical (unpaired) electrons. The van der Waals surface area contributed by atoms with Crippen LogP contribution in [0.3, 0.4) is 0 Å². The lowest BCUT2D eigenvalue weighted by Crippen LogP contribution is -2.24. The zero-order valence-corrected chi connectivity index (χ0v) is 13.9. The van der Waals surface area contributed by atoms with Gasteiger partial charge in [-0.15, -0.1) is 0 Å². The molecule has 0 unspecified atom stereocenters. The number of phenols is 1. The maximum atomic E-state index is 11.2. The summed E-state index contributed by atoms with van der Waals surface area (Å²) < 4.78 is 0. The number of hydrogen-bond donors (Lipinski definition) is 2. The van der Waals surface area contributed by atoms with Crippen LogP contribution in [0.1, 0.15) is 51.4 Å². The lowest BCUT2D eigenvalue weighted by atomic mass is 9.80. The lowest BCUT2D eigenvalue weighted by molar-refractivity contribution is 0.464. The Bertz CT molecular complexity index is 704. The smallest absolute Gasteiger partial charge is 0.264 e. The van der Waals surface area contributed by atoms with Gasteiger partial charge in [0.25, 0.3) is 5.56 Å². The molecule has 0 spiro atoms. The fourth-order valence-corrected chi connectivity index (χ4v) is 2.53. The summed E-state index contributed by atoms with van der Waals surface area (Å²) in [6, 6.07) is 8.99. The first-order valence-electron chi connectivity index (χ1n) is 7.47. The van der Waals surface area contributed by atoms with Gasteiger partial charge < -0.3 is 5.11 Å². The molecule has 1 heterocycles. The van der Waals surface area contributed by atoms with Gasteiger partial charge >= 0.3 is 0 Å². The fourth-order valence-electron chi connectivity index (χ4n) is 2.53. The number of aromatic hydroxyl groups is 1. The number of aromatic amines is 1. The van der Waals surface area contributed by atoms with Crippen molar-refractivity contribution in [2.24, 2.45) is 0 Å². The van der Waals surface area contributed by atoms with E-state index in [1.54, 1.807) is 12.1 Å². The molecule has 0 fully saturated rings. The highest BCUT2D eigenvalue weighted by Crippen LogP contribution is 2.31. The van der Waals surface area contributed by atoms with Crippen LogP contribution in [0.2, 0.25) is 0 Å². The van der Waals surface area contributed by atoms with E-state index in [-0.39, 0.29) is 22.1 Å². The van der Waals surface area contributed by atoms with Gasteiger partial charge in [-0.1, -0.05) is 40.7 Å². The second-order valence-corrected chi connectivity index (χ2v) is 7.51. The van der Waals surface area contributed by atoms with Gasteiger partial charge in [0.1, 0.15) is 5.75 Å². The summed E-state index contributed by atoms with van der Waals surface area (Å²) in [4.78, 5) is 11.2. The lowest BCUT2D eigenvalue weighted by Gasteiger charge is -2.26. The molecule has 0 atom stereocenters. The average molecular weight is 300 g/mol. The maximum Gasteiger partial charge on any atom is 0.264 e. The molecule has 0 aliphatic carbocycles. The van der Waals surface area contributed by atoms with Crippen LogP contribution in [-0.4, -0.2) is 15.3 Å². The van der Waals surface area contributed by atoms with E-state index in [1.165, 1.54) is 6.07 Å². The Hall–Kier alpha value is -2.10. The average Bonchev–Trinajstić information content (AvgIpc) is 2.36. The topological polar surface area (TPSA) is 66.0 Å². The summed E-state index contributed by atoms with van der Waals surface area (Å²) in [6.45, 7) is 10.5. The van der Waals surface area contributed by atoms with E-state index >= 15 is 0 Å². The fraction of sp³-hybridized carbons (Fsp3) is 0.444. The molecule has 0 aliphatic rings. The van der Waals surface area contributed by atoms with Crippen molar-refractivity contribution < 1.29 is 5.11 Å². The molecule has 0 bridgehead atoms. The molecule has 1 aromatic carbocycles. The largest absolute Gasteiger partial charge is 0.508 e. The Balaban J connectivity index is 2.35. The minimum Gasteiger partial charge on any atom is -0.508 e. The first-order valence-corrected chi connectivity index (χ1v) is 7.47. The Morgan fingerprint density at radius 1 is 1.09 bits per heavy atom. The van der Waals surface area contributed by atoms with Gasteiger partial charge in [0, 0.05) is 11.5 Å². The van der Waals surface area contributed by atoms with Gasteiger partial charge in [0.15, 0.2) is 0 Å². The van der Waals surface area contributed by atoms with Crippen LogP contribution in [0, 0.1) is 0 Å². The highest BCUT2D eigenvalue weighted by atomic mass is 16.3. The summed E-state index contributed by atoms with van der Waals surface area (Å²) in [5.74, 6) is 0.285. The zero-order valence-electron chi connectivity index (χ0n) is 13.9. The molecule has 1 aromatic heterocycles. The van der Waals surface area contributed by atoms with Crippen molar-refractivity contribution in [3.05, 3.63) is 57.5 Å². The zero-order chi connectivity index (χ0) is 16.5. The van der Waals surface area contributed by atoms with Crippen molar-refractivity contribution >= 4 is 0 Å². The predicted molar refractivity (Wildman–Crippen MR) is 88.4 cm³/mol. The minimum absolute atomic E-state index is 0.0200. The van der Waals surface area contributed by atoms with E-state index in [2.05, 4.69) is 50.9 Å². The van der Waals surface area contributed by atoms with Crippen LogP contribution in [0.4, 0.5) is 0 Å². The van der Waals surface area contributed by atoms with E-state index in [9.17, 15) is 9.90 Å². The van der Waals surface area contributed by atoms with Gasteiger partial charge in [0.2, 0.25) is 0 Å². The molecule has 0 amide bonds. The van der Waals surface area contributed by atoms with E-state index in [0.29, 0.717) is 0 Å². The summed E-state index contributed by atoms with van der Waals surface area (Å²) in [5, 5.41) is 16.6. The number of aromatic nitrogens is 2.